The largest absolute Gasteiger partial charge is 0.497 e. The van der Waals surface area contributed by atoms with Gasteiger partial charge in [-0.3, -0.25) is 14.7 Å². The predicted molar refractivity (Wildman–Crippen MR) is 116 cm³/mol. The highest BCUT2D eigenvalue weighted by molar-refractivity contribution is 5.80. The first-order valence-electron chi connectivity index (χ1n) is 10.7. The number of guanidine groups is 1. The third-order valence-corrected chi connectivity index (χ3v) is 6.03. The number of hydrogen-bond acceptors (Lipinski definition) is 4. The van der Waals surface area contributed by atoms with Crippen LogP contribution in [0.4, 0.5) is 0 Å². The fraction of sp³-hybridized carbons (Fsp3) is 0.636. The Balaban J connectivity index is 1.67. The molecule has 2 aliphatic heterocycles. The monoisotopic (exact) mass is 401 g/mol. The quantitative estimate of drug-likeness (QED) is 0.539. The van der Waals surface area contributed by atoms with E-state index in [0.29, 0.717) is 12.3 Å². The van der Waals surface area contributed by atoms with Gasteiger partial charge in [-0.25, -0.2) is 0 Å². The summed E-state index contributed by atoms with van der Waals surface area (Å²) in [6.07, 6.45) is 5.06. The first-order valence-corrected chi connectivity index (χ1v) is 10.7. The van der Waals surface area contributed by atoms with Crippen LogP contribution in [-0.2, 0) is 4.79 Å². The molecule has 1 amide bonds. The van der Waals surface area contributed by atoms with E-state index in [4.69, 9.17) is 10.5 Å². The summed E-state index contributed by atoms with van der Waals surface area (Å²) >= 11 is 0. The topological polar surface area (TPSA) is 83.2 Å². The summed E-state index contributed by atoms with van der Waals surface area (Å²) in [4.78, 5) is 20.7. The van der Waals surface area contributed by atoms with Crippen LogP contribution >= 0.6 is 0 Å². The highest BCUT2D eigenvalue weighted by Gasteiger charge is 2.27. The minimum absolute atomic E-state index is 0.216. The van der Waals surface area contributed by atoms with Gasteiger partial charge in [0, 0.05) is 33.1 Å². The molecule has 2 atom stereocenters. The Morgan fingerprint density at radius 1 is 1.31 bits per heavy atom. The van der Waals surface area contributed by atoms with E-state index in [2.05, 4.69) is 38.3 Å². The van der Waals surface area contributed by atoms with Crippen LogP contribution in [0.5, 0.6) is 5.75 Å². The zero-order chi connectivity index (χ0) is 20.6. The average molecular weight is 402 g/mol. The molecule has 0 saturated carbocycles. The number of rotatable bonds is 7. The molecule has 0 aromatic heterocycles. The molecule has 3 N–H and O–H groups in total. The number of nitrogens with zero attached hydrogens (tertiary/aromatic N) is 3. The molecule has 7 heteroatoms. The van der Waals surface area contributed by atoms with Gasteiger partial charge in [0.2, 0.25) is 5.91 Å². The Kier molecular flexibility index (Phi) is 7.75. The standard InChI is InChI=1S/C22H35N5O2/c1-24-22(27-12-6-7-17(16-27)13-21(23)28)25-15-20(26-10-3-4-11-26)18-8-5-9-19(14-18)29-2/h5,8-9,14,17,20H,3-4,6-7,10-13,15-16H2,1-2H3,(H2,23,28)(H,24,25). The molecule has 2 heterocycles. The van der Waals surface area contributed by atoms with E-state index in [1.54, 1.807) is 7.11 Å². The maximum absolute atomic E-state index is 11.3. The second kappa shape index (κ2) is 10.5. The SMILES string of the molecule is CN=C(NCC(c1cccc(OC)c1)N1CCCC1)N1CCCC(CC(N)=O)C1. The molecule has 1 aromatic carbocycles. The van der Waals surface area contributed by atoms with Crippen LogP contribution < -0.4 is 15.8 Å². The number of methoxy groups -OCH3 is 1. The Morgan fingerprint density at radius 3 is 2.79 bits per heavy atom. The maximum Gasteiger partial charge on any atom is 0.217 e. The number of nitrogens with two attached hydrogens (primary N) is 1. The average Bonchev–Trinajstić information content (AvgIpc) is 3.25. The number of carbonyl (C=O) groups is 1. The number of aliphatic imine (C=N–C) groups is 1. The number of nitrogens with one attached hydrogen (secondary N) is 1. The van der Waals surface area contributed by atoms with Crippen LogP contribution in [0.2, 0.25) is 0 Å². The van der Waals surface area contributed by atoms with E-state index in [0.717, 1.165) is 57.3 Å². The number of hydrogen-bond donors (Lipinski definition) is 2. The summed E-state index contributed by atoms with van der Waals surface area (Å²) in [5.41, 5.74) is 6.68. The number of amides is 1. The van der Waals surface area contributed by atoms with Crippen molar-refractivity contribution in [3.63, 3.8) is 0 Å². The van der Waals surface area contributed by atoms with Crippen molar-refractivity contribution in [2.75, 3.05) is 46.9 Å². The fourth-order valence-electron chi connectivity index (χ4n) is 4.59. The van der Waals surface area contributed by atoms with Gasteiger partial charge in [-0.2, -0.15) is 0 Å². The van der Waals surface area contributed by atoms with E-state index in [1.165, 1.54) is 18.4 Å². The summed E-state index contributed by atoms with van der Waals surface area (Å²) in [7, 11) is 3.54. The molecule has 29 heavy (non-hydrogen) atoms. The van der Waals surface area contributed by atoms with E-state index in [-0.39, 0.29) is 11.9 Å². The number of likely N-dealkylation sites (tertiary alicyclic amines) is 2. The van der Waals surface area contributed by atoms with Gasteiger partial charge in [0.25, 0.3) is 0 Å². The van der Waals surface area contributed by atoms with Crippen molar-refractivity contribution in [2.24, 2.45) is 16.6 Å². The lowest BCUT2D eigenvalue weighted by molar-refractivity contribution is -0.119. The molecular formula is C22H35N5O2. The van der Waals surface area contributed by atoms with Crippen LogP contribution in [0, 0.1) is 5.92 Å². The first kappa shape index (κ1) is 21.4. The van der Waals surface area contributed by atoms with Gasteiger partial charge >= 0.3 is 0 Å². The Hall–Kier alpha value is -2.28. The van der Waals surface area contributed by atoms with Gasteiger partial charge in [0.05, 0.1) is 13.2 Å². The molecular weight excluding hydrogens is 366 g/mol. The first-order chi connectivity index (χ1) is 14.1. The van der Waals surface area contributed by atoms with Gasteiger partial charge in [-0.05, 0) is 62.4 Å². The molecule has 2 aliphatic rings. The second-order valence-electron chi connectivity index (χ2n) is 8.09. The minimum Gasteiger partial charge on any atom is -0.497 e. The molecule has 0 radical (unpaired) electrons. The summed E-state index contributed by atoms with van der Waals surface area (Å²) in [5, 5.41) is 3.60. The van der Waals surface area contributed by atoms with Gasteiger partial charge in [0.15, 0.2) is 5.96 Å². The molecule has 0 bridgehead atoms. The zero-order valence-electron chi connectivity index (χ0n) is 17.8. The molecule has 2 unspecified atom stereocenters. The lowest BCUT2D eigenvalue weighted by Crippen LogP contribution is -2.49. The predicted octanol–water partition coefficient (Wildman–Crippen LogP) is 1.99. The van der Waals surface area contributed by atoms with Crippen molar-refractivity contribution in [1.82, 2.24) is 15.1 Å². The summed E-state index contributed by atoms with van der Waals surface area (Å²) in [6, 6.07) is 8.64. The van der Waals surface area contributed by atoms with Gasteiger partial charge in [0.1, 0.15) is 5.75 Å². The normalized spacial score (nSPS) is 21.8. The highest BCUT2D eigenvalue weighted by atomic mass is 16.5. The molecule has 2 saturated heterocycles. The van der Waals surface area contributed by atoms with Crippen molar-refractivity contribution in [2.45, 2.75) is 38.1 Å². The lowest BCUT2D eigenvalue weighted by atomic mass is 9.95. The molecule has 7 nitrogen and oxygen atoms in total. The number of ether oxygens (including phenoxy) is 1. The van der Waals surface area contributed by atoms with Crippen molar-refractivity contribution in [3.05, 3.63) is 29.8 Å². The van der Waals surface area contributed by atoms with E-state index in [1.807, 2.05) is 13.1 Å². The maximum atomic E-state index is 11.3. The molecule has 0 aliphatic carbocycles. The third kappa shape index (κ3) is 5.85. The lowest BCUT2D eigenvalue weighted by Gasteiger charge is -2.36. The second-order valence-corrected chi connectivity index (χ2v) is 8.09. The van der Waals surface area contributed by atoms with E-state index < -0.39 is 0 Å². The summed E-state index contributed by atoms with van der Waals surface area (Å²) in [5.74, 6) is 1.90. The third-order valence-electron chi connectivity index (χ3n) is 6.03. The van der Waals surface area contributed by atoms with Gasteiger partial charge < -0.3 is 20.7 Å². The minimum atomic E-state index is -0.216. The summed E-state index contributed by atoms with van der Waals surface area (Å²) in [6.45, 7) is 4.81. The van der Waals surface area contributed by atoms with Crippen LogP contribution in [-0.4, -0.2) is 68.5 Å². The van der Waals surface area contributed by atoms with Crippen LogP contribution in [0.25, 0.3) is 0 Å². The van der Waals surface area contributed by atoms with Crippen molar-refractivity contribution < 1.29 is 9.53 Å². The van der Waals surface area contributed by atoms with Crippen molar-refractivity contribution in [3.8, 4) is 5.75 Å². The number of carbonyl (C=O) groups excluding carboxylic acids is 1. The van der Waals surface area contributed by atoms with E-state index >= 15 is 0 Å². The number of benzene rings is 1. The van der Waals surface area contributed by atoms with Crippen molar-refractivity contribution >= 4 is 11.9 Å². The van der Waals surface area contributed by atoms with Gasteiger partial charge in [-0.15, -0.1) is 0 Å². The zero-order valence-corrected chi connectivity index (χ0v) is 17.8. The summed E-state index contributed by atoms with van der Waals surface area (Å²) < 4.78 is 5.44. The van der Waals surface area contributed by atoms with Crippen LogP contribution in [0.3, 0.4) is 0 Å². The molecule has 0 spiro atoms. The van der Waals surface area contributed by atoms with Crippen molar-refractivity contribution in [1.29, 1.82) is 0 Å². The molecule has 3 rings (SSSR count). The van der Waals surface area contributed by atoms with Crippen LogP contribution in [0.15, 0.2) is 29.3 Å². The highest BCUT2D eigenvalue weighted by Crippen LogP contribution is 2.27. The molecule has 2 fully saturated rings. The molecule has 1 aromatic rings. The molecule has 160 valence electrons. The number of primary amides is 1. The fourth-order valence-corrected chi connectivity index (χ4v) is 4.59. The van der Waals surface area contributed by atoms with Crippen LogP contribution in [0.1, 0.15) is 43.7 Å². The van der Waals surface area contributed by atoms with Gasteiger partial charge in [-0.1, -0.05) is 12.1 Å². The smallest absolute Gasteiger partial charge is 0.217 e. The van der Waals surface area contributed by atoms with E-state index in [9.17, 15) is 4.79 Å². The number of piperidine rings is 1. The Labute approximate surface area is 174 Å². The Morgan fingerprint density at radius 2 is 2.10 bits per heavy atom. The Bertz CT molecular complexity index is 702.